The van der Waals surface area contributed by atoms with Gasteiger partial charge >= 0.3 is 0 Å². The van der Waals surface area contributed by atoms with Gasteiger partial charge in [0.1, 0.15) is 0 Å². The number of piperazine rings is 1. The fraction of sp³-hybridized carbons (Fsp3) is 0.708. The van der Waals surface area contributed by atoms with Gasteiger partial charge in [-0.3, -0.25) is 9.69 Å². The molecule has 4 fully saturated rings. The first-order chi connectivity index (χ1) is 13.7. The number of carbonyl (C=O) groups excluding carboxylic acids is 1. The minimum absolute atomic E-state index is 0.207. The van der Waals surface area contributed by atoms with Gasteiger partial charge < -0.3 is 10.2 Å². The third kappa shape index (κ3) is 3.39. The Bertz CT molecular complexity index is 691. The van der Waals surface area contributed by atoms with Crippen LogP contribution in [0.5, 0.6) is 0 Å². The SMILES string of the molecule is O=C(C1CC12CCNCC2)N1CCN(Cc2ccccc2)C2(CCCCC2)C1. The van der Waals surface area contributed by atoms with Gasteiger partial charge in [-0.1, -0.05) is 49.6 Å². The molecule has 1 N–H and O–H groups in total. The number of rotatable bonds is 3. The Kier molecular flexibility index (Phi) is 4.96. The van der Waals surface area contributed by atoms with E-state index in [-0.39, 0.29) is 5.54 Å². The van der Waals surface area contributed by atoms with E-state index in [0.29, 0.717) is 17.2 Å². The molecule has 2 heterocycles. The summed E-state index contributed by atoms with van der Waals surface area (Å²) in [5.74, 6) is 0.794. The van der Waals surface area contributed by atoms with Crippen LogP contribution >= 0.6 is 0 Å². The fourth-order valence-corrected chi connectivity index (χ4v) is 6.33. The summed E-state index contributed by atoms with van der Waals surface area (Å²) < 4.78 is 0. The molecule has 152 valence electrons. The second kappa shape index (κ2) is 7.46. The molecule has 2 saturated carbocycles. The van der Waals surface area contributed by atoms with Crippen molar-refractivity contribution in [3.8, 4) is 0 Å². The number of nitrogens with zero attached hydrogens (tertiary/aromatic N) is 2. The molecule has 4 aliphatic rings. The lowest BCUT2D eigenvalue weighted by Gasteiger charge is -2.53. The standard InChI is InChI=1S/C24H35N3O/c28-22(21-17-23(21)11-13-25-14-12-23)26-15-16-27(18-20-7-3-1-4-8-20)24(19-26)9-5-2-6-10-24/h1,3-4,7-8,21,25H,2,5-6,9-19H2. The third-order valence-electron chi connectivity index (χ3n) is 8.20. The van der Waals surface area contributed by atoms with Crippen molar-refractivity contribution in [1.29, 1.82) is 0 Å². The van der Waals surface area contributed by atoms with Crippen LogP contribution in [-0.4, -0.2) is 54.0 Å². The normalized spacial score (nSPS) is 29.1. The lowest BCUT2D eigenvalue weighted by molar-refractivity contribution is -0.141. The molecular weight excluding hydrogens is 346 g/mol. The number of amides is 1. The maximum atomic E-state index is 13.4. The van der Waals surface area contributed by atoms with Crippen molar-refractivity contribution in [2.24, 2.45) is 11.3 Å². The van der Waals surface area contributed by atoms with Crippen LogP contribution < -0.4 is 5.32 Å². The molecule has 1 amide bonds. The molecule has 28 heavy (non-hydrogen) atoms. The van der Waals surface area contributed by atoms with Crippen LogP contribution in [0.15, 0.2) is 30.3 Å². The van der Waals surface area contributed by atoms with E-state index in [0.717, 1.165) is 45.7 Å². The van der Waals surface area contributed by atoms with Crippen molar-refractivity contribution >= 4 is 5.91 Å². The molecule has 1 aromatic carbocycles. The summed E-state index contributed by atoms with van der Waals surface area (Å²) in [5, 5.41) is 3.46. The van der Waals surface area contributed by atoms with E-state index in [9.17, 15) is 4.79 Å². The average molecular weight is 382 g/mol. The number of benzene rings is 1. The molecule has 4 nitrogen and oxygen atoms in total. The van der Waals surface area contributed by atoms with Gasteiger partial charge in [0, 0.05) is 37.6 Å². The first-order valence-corrected chi connectivity index (χ1v) is 11.5. The van der Waals surface area contributed by atoms with E-state index in [4.69, 9.17) is 0 Å². The first-order valence-electron chi connectivity index (χ1n) is 11.5. The highest BCUT2D eigenvalue weighted by molar-refractivity contribution is 5.83. The van der Waals surface area contributed by atoms with Gasteiger partial charge in [-0.25, -0.2) is 0 Å². The molecule has 0 bridgehead atoms. The van der Waals surface area contributed by atoms with E-state index in [1.165, 1.54) is 50.5 Å². The highest BCUT2D eigenvalue weighted by Crippen LogP contribution is 2.59. The predicted molar refractivity (Wildman–Crippen MR) is 112 cm³/mol. The Balaban J connectivity index is 1.30. The van der Waals surface area contributed by atoms with Crippen LogP contribution in [0.1, 0.15) is 56.9 Å². The molecule has 2 spiro atoms. The van der Waals surface area contributed by atoms with Gasteiger partial charge in [0.05, 0.1) is 0 Å². The van der Waals surface area contributed by atoms with Gasteiger partial charge in [-0.05, 0) is 56.2 Å². The van der Waals surface area contributed by atoms with E-state index in [1.54, 1.807) is 0 Å². The second-order valence-electron chi connectivity index (χ2n) is 9.82. The Morgan fingerprint density at radius 1 is 1.00 bits per heavy atom. The number of hydrogen-bond acceptors (Lipinski definition) is 3. The topological polar surface area (TPSA) is 35.6 Å². The summed E-state index contributed by atoms with van der Waals surface area (Å²) in [6, 6.07) is 10.9. The van der Waals surface area contributed by atoms with Gasteiger partial charge in [0.25, 0.3) is 0 Å². The van der Waals surface area contributed by atoms with Gasteiger partial charge in [-0.2, -0.15) is 0 Å². The fourth-order valence-electron chi connectivity index (χ4n) is 6.33. The van der Waals surface area contributed by atoms with Crippen molar-refractivity contribution in [2.45, 2.75) is 63.5 Å². The molecule has 5 rings (SSSR count). The molecule has 1 unspecified atom stereocenters. The van der Waals surface area contributed by atoms with Crippen LogP contribution in [0.3, 0.4) is 0 Å². The molecule has 0 aromatic heterocycles. The zero-order valence-electron chi connectivity index (χ0n) is 17.2. The molecular formula is C24H35N3O. The molecule has 2 saturated heterocycles. The lowest BCUT2D eigenvalue weighted by Crippen LogP contribution is -2.63. The summed E-state index contributed by atoms with van der Waals surface area (Å²) in [4.78, 5) is 18.4. The largest absolute Gasteiger partial charge is 0.339 e. The number of hydrogen-bond donors (Lipinski definition) is 1. The predicted octanol–water partition coefficient (Wildman–Crippen LogP) is 3.42. The zero-order valence-corrected chi connectivity index (χ0v) is 17.2. The Labute approximate surface area is 169 Å². The highest BCUT2D eigenvalue weighted by atomic mass is 16.2. The van der Waals surface area contributed by atoms with Crippen LogP contribution in [-0.2, 0) is 11.3 Å². The third-order valence-corrected chi connectivity index (χ3v) is 8.20. The van der Waals surface area contributed by atoms with Crippen molar-refractivity contribution in [2.75, 3.05) is 32.7 Å². The minimum atomic E-state index is 0.207. The van der Waals surface area contributed by atoms with E-state index in [1.807, 2.05) is 0 Å². The molecule has 2 aliphatic heterocycles. The van der Waals surface area contributed by atoms with Crippen molar-refractivity contribution < 1.29 is 4.79 Å². The smallest absolute Gasteiger partial charge is 0.226 e. The van der Waals surface area contributed by atoms with Crippen LogP contribution in [0, 0.1) is 11.3 Å². The van der Waals surface area contributed by atoms with Crippen molar-refractivity contribution in [3.05, 3.63) is 35.9 Å². The summed E-state index contributed by atoms with van der Waals surface area (Å²) >= 11 is 0. The van der Waals surface area contributed by atoms with Crippen molar-refractivity contribution in [1.82, 2.24) is 15.1 Å². The number of nitrogens with one attached hydrogen (secondary N) is 1. The maximum Gasteiger partial charge on any atom is 0.226 e. The Morgan fingerprint density at radius 2 is 1.75 bits per heavy atom. The second-order valence-corrected chi connectivity index (χ2v) is 9.82. The summed E-state index contributed by atoms with van der Waals surface area (Å²) in [6.07, 6.45) is 10.0. The van der Waals surface area contributed by atoms with Crippen LogP contribution in [0.4, 0.5) is 0 Å². The van der Waals surface area contributed by atoms with E-state index < -0.39 is 0 Å². The summed E-state index contributed by atoms with van der Waals surface area (Å²) in [6.45, 7) is 6.13. The number of piperidine rings is 1. The van der Waals surface area contributed by atoms with Crippen molar-refractivity contribution in [3.63, 3.8) is 0 Å². The monoisotopic (exact) mass is 381 g/mol. The quantitative estimate of drug-likeness (QED) is 0.871. The molecule has 4 heteroatoms. The van der Waals surface area contributed by atoms with Gasteiger partial charge in [0.15, 0.2) is 0 Å². The Hall–Kier alpha value is -1.39. The van der Waals surface area contributed by atoms with Gasteiger partial charge in [0.2, 0.25) is 5.91 Å². The minimum Gasteiger partial charge on any atom is -0.339 e. The zero-order chi connectivity index (χ0) is 19.0. The van der Waals surface area contributed by atoms with Crippen LogP contribution in [0.25, 0.3) is 0 Å². The molecule has 0 radical (unpaired) electrons. The average Bonchev–Trinajstić information content (AvgIpc) is 3.43. The highest BCUT2D eigenvalue weighted by Gasteiger charge is 2.59. The summed E-state index contributed by atoms with van der Waals surface area (Å²) in [7, 11) is 0. The Morgan fingerprint density at radius 3 is 2.50 bits per heavy atom. The number of carbonyl (C=O) groups is 1. The van der Waals surface area contributed by atoms with E-state index >= 15 is 0 Å². The van der Waals surface area contributed by atoms with Gasteiger partial charge in [-0.15, -0.1) is 0 Å². The van der Waals surface area contributed by atoms with E-state index in [2.05, 4.69) is 45.4 Å². The first kappa shape index (κ1) is 18.6. The molecule has 2 aliphatic carbocycles. The lowest BCUT2D eigenvalue weighted by atomic mass is 9.78. The molecule has 1 atom stereocenters. The molecule has 1 aromatic rings. The summed E-state index contributed by atoms with van der Waals surface area (Å²) in [5.41, 5.74) is 1.96. The maximum absolute atomic E-state index is 13.4. The van der Waals surface area contributed by atoms with Crippen LogP contribution in [0.2, 0.25) is 0 Å².